The number of nitrogens with zero attached hydrogens (tertiary/aromatic N) is 2. The maximum atomic E-state index is 12.7. The van der Waals surface area contributed by atoms with Crippen molar-refractivity contribution in [1.29, 1.82) is 0 Å². The molecule has 1 aliphatic rings. The van der Waals surface area contributed by atoms with Gasteiger partial charge in [-0.1, -0.05) is 12.1 Å². The third kappa shape index (κ3) is 2.95. The molecule has 3 rings (SSSR count). The van der Waals surface area contributed by atoms with Gasteiger partial charge in [-0.05, 0) is 19.1 Å². The predicted molar refractivity (Wildman–Crippen MR) is 80.8 cm³/mol. The van der Waals surface area contributed by atoms with Gasteiger partial charge >= 0.3 is 0 Å². The van der Waals surface area contributed by atoms with Crippen LogP contribution in [0.3, 0.4) is 0 Å². The number of benzene rings is 1. The number of alkyl halides is 1. The van der Waals surface area contributed by atoms with Crippen LogP contribution in [-0.4, -0.2) is 35.5 Å². The number of ether oxygens (including phenoxy) is 2. The molecule has 1 fully saturated rings. The number of para-hydroxylation sites is 1. The molecule has 6 heteroatoms. The summed E-state index contributed by atoms with van der Waals surface area (Å²) in [5.41, 5.74) is 0.583. The number of aromatic nitrogens is 2. The molecule has 2 unspecified atom stereocenters. The molecule has 0 aliphatic carbocycles. The molecule has 1 saturated heterocycles. The Labute approximate surface area is 127 Å². The van der Waals surface area contributed by atoms with Gasteiger partial charge in [-0.25, -0.2) is 4.98 Å². The van der Waals surface area contributed by atoms with Gasteiger partial charge in [-0.3, -0.25) is 9.36 Å². The lowest BCUT2D eigenvalue weighted by Crippen LogP contribution is -2.37. The molecule has 0 amide bonds. The first kappa shape index (κ1) is 14.5. The van der Waals surface area contributed by atoms with E-state index < -0.39 is 0 Å². The van der Waals surface area contributed by atoms with Gasteiger partial charge in [0, 0.05) is 0 Å². The highest BCUT2D eigenvalue weighted by Gasteiger charge is 2.20. The van der Waals surface area contributed by atoms with E-state index >= 15 is 0 Å². The summed E-state index contributed by atoms with van der Waals surface area (Å²) in [5, 5.41) is 0.238. The van der Waals surface area contributed by atoms with Crippen molar-refractivity contribution in [2.75, 3.05) is 19.8 Å². The van der Waals surface area contributed by atoms with Crippen molar-refractivity contribution in [2.45, 2.75) is 24.9 Å². The minimum Gasteiger partial charge on any atom is -0.376 e. The first-order chi connectivity index (χ1) is 10.2. The van der Waals surface area contributed by atoms with Crippen molar-refractivity contribution in [3.05, 3.63) is 40.4 Å². The van der Waals surface area contributed by atoms with Crippen LogP contribution in [0.5, 0.6) is 0 Å². The minimum atomic E-state index is -0.355. The molecule has 5 nitrogen and oxygen atoms in total. The smallest absolute Gasteiger partial charge is 0.261 e. The quantitative estimate of drug-likeness (QED) is 0.815. The summed E-state index contributed by atoms with van der Waals surface area (Å²) in [6.45, 7) is 3.84. The van der Waals surface area contributed by atoms with E-state index in [0.29, 0.717) is 43.1 Å². The summed E-state index contributed by atoms with van der Waals surface area (Å²) < 4.78 is 12.6. The van der Waals surface area contributed by atoms with Gasteiger partial charge in [-0.15, -0.1) is 11.6 Å². The molecule has 0 N–H and O–H groups in total. The topological polar surface area (TPSA) is 53.4 Å². The maximum absolute atomic E-state index is 12.7. The third-order valence-electron chi connectivity index (χ3n) is 3.52. The van der Waals surface area contributed by atoms with E-state index in [1.165, 1.54) is 0 Å². The van der Waals surface area contributed by atoms with E-state index in [1.807, 2.05) is 25.1 Å². The van der Waals surface area contributed by atoms with Crippen molar-refractivity contribution in [3.63, 3.8) is 0 Å². The second kappa shape index (κ2) is 6.13. The zero-order valence-corrected chi connectivity index (χ0v) is 12.5. The van der Waals surface area contributed by atoms with Crippen LogP contribution in [0.15, 0.2) is 29.1 Å². The Morgan fingerprint density at radius 1 is 1.43 bits per heavy atom. The second-order valence-corrected chi connectivity index (χ2v) is 5.74. The Hall–Kier alpha value is -1.43. The average molecular weight is 309 g/mol. The van der Waals surface area contributed by atoms with Crippen molar-refractivity contribution in [2.24, 2.45) is 0 Å². The minimum absolute atomic E-state index is 0.0859. The van der Waals surface area contributed by atoms with E-state index in [2.05, 4.69) is 4.98 Å². The van der Waals surface area contributed by atoms with Gasteiger partial charge in [0.25, 0.3) is 5.56 Å². The summed E-state index contributed by atoms with van der Waals surface area (Å²) in [4.78, 5) is 17.2. The molecular formula is C15H17ClN2O3. The molecule has 2 atom stereocenters. The van der Waals surface area contributed by atoms with Crippen LogP contribution >= 0.6 is 11.6 Å². The van der Waals surface area contributed by atoms with E-state index in [-0.39, 0.29) is 17.0 Å². The molecular weight excluding hydrogens is 292 g/mol. The van der Waals surface area contributed by atoms with Crippen LogP contribution in [0, 0.1) is 0 Å². The SMILES string of the molecule is CC(Cl)c1nc2ccccc2c(=O)n1CC1COCCO1. The van der Waals surface area contributed by atoms with Crippen LogP contribution < -0.4 is 5.56 Å². The van der Waals surface area contributed by atoms with Gasteiger partial charge < -0.3 is 9.47 Å². The van der Waals surface area contributed by atoms with Crippen molar-refractivity contribution in [1.82, 2.24) is 9.55 Å². The van der Waals surface area contributed by atoms with Crippen LogP contribution in [0.2, 0.25) is 0 Å². The average Bonchev–Trinajstić information content (AvgIpc) is 2.51. The van der Waals surface area contributed by atoms with Crippen molar-refractivity contribution in [3.8, 4) is 0 Å². The molecule has 0 saturated carbocycles. The molecule has 1 aromatic heterocycles. The number of hydrogen-bond acceptors (Lipinski definition) is 4. The Morgan fingerprint density at radius 3 is 2.95 bits per heavy atom. The van der Waals surface area contributed by atoms with Gasteiger partial charge in [0.2, 0.25) is 0 Å². The van der Waals surface area contributed by atoms with E-state index in [0.717, 1.165) is 0 Å². The summed E-state index contributed by atoms with van der Waals surface area (Å²) in [6.07, 6.45) is -0.145. The summed E-state index contributed by atoms with van der Waals surface area (Å²) in [5.74, 6) is 0.564. The lowest BCUT2D eigenvalue weighted by Gasteiger charge is -2.25. The molecule has 0 bridgehead atoms. The summed E-state index contributed by atoms with van der Waals surface area (Å²) in [7, 11) is 0. The molecule has 2 aromatic rings. The predicted octanol–water partition coefficient (Wildman–Crippen LogP) is 2.11. The largest absolute Gasteiger partial charge is 0.376 e. The van der Waals surface area contributed by atoms with Crippen molar-refractivity contribution < 1.29 is 9.47 Å². The molecule has 1 aliphatic heterocycles. The lowest BCUT2D eigenvalue weighted by atomic mass is 10.2. The van der Waals surface area contributed by atoms with Crippen molar-refractivity contribution >= 4 is 22.5 Å². The molecule has 1 aromatic carbocycles. The van der Waals surface area contributed by atoms with Gasteiger partial charge in [0.05, 0.1) is 48.7 Å². The molecule has 0 radical (unpaired) electrons. The van der Waals surface area contributed by atoms with E-state index in [4.69, 9.17) is 21.1 Å². The first-order valence-corrected chi connectivity index (χ1v) is 7.43. The van der Waals surface area contributed by atoms with Gasteiger partial charge in [0.1, 0.15) is 5.82 Å². The second-order valence-electron chi connectivity index (χ2n) is 5.09. The van der Waals surface area contributed by atoms with Crippen LogP contribution in [0.4, 0.5) is 0 Å². The zero-order valence-electron chi connectivity index (χ0n) is 11.8. The molecule has 112 valence electrons. The Kier molecular flexibility index (Phi) is 4.24. The maximum Gasteiger partial charge on any atom is 0.261 e. The Balaban J connectivity index is 2.07. The third-order valence-corrected chi connectivity index (χ3v) is 3.71. The van der Waals surface area contributed by atoms with Crippen LogP contribution in [-0.2, 0) is 16.0 Å². The fourth-order valence-electron chi connectivity index (χ4n) is 2.51. The number of halogens is 1. The molecule has 2 heterocycles. The van der Waals surface area contributed by atoms with E-state index in [9.17, 15) is 4.79 Å². The number of rotatable bonds is 3. The first-order valence-electron chi connectivity index (χ1n) is 6.99. The normalized spacial score (nSPS) is 20.6. The summed E-state index contributed by atoms with van der Waals surface area (Å²) in [6, 6.07) is 7.30. The highest BCUT2D eigenvalue weighted by Crippen LogP contribution is 2.19. The standard InChI is InChI=1S/C15H17ClN2O3/c1-10(16)14-17-13-5-3-2-4-12(13)15(19)18(14)8-11-9-20-6-7-21-11/h2-5,10-11H,6-9H2,1H3. The Morgan fingerprint density at radius 2 is 2.24 bits per heavy atom. The van der Waals surface area contributed by atoms with Crippen LogP contribution in [0.25, 0.3) is 10.9 Å². The Bertz CT molecular complexity index is 693. The van der Waals surface area contributed by atoms with Gasteiger partial charge in [0.15, 0.2) is 0 Å². The summed E-state index contributed by atoms with van der Waals surface area (Å²) >= 11 is 6.20. The monoisotopic (exact) mass is 308 g/mol. The van der Waals surface area contributed by atoms with Gasteiger partial charge in [-0.2, -0.15) is 0 Å². The van der Waals surface area contributed by atoms with Crippen LogP contribution in [0.1, 0.15) is 18.1 Å². The fourth-order valence-corrected chi connectivity index (χ4v) is 2.68. The zero-order chi connectivity index (χ0) is 14.8. The fraction of sp³-hybridized carbons (Fsp3) is 0.467. The number of fused-ring (bicyclic) bond motifs is 1. The lowest BCUT2D eigenvalue weighted by molar-refractivity contribution is -0.0941. The highest BCUT2D eigenvalue weighted by molar-refractivity contribution is 6.20. The van der Waals surface area contributed by atoms with E-state index in [1.54, 1.807) is 10.6 Å². The molecule has 21 heavy (non-hydrogen) atoms. The highest BCUT2D eigenvalue weighted by atomic mass is 35.5. The number of hydrogen-bond donors (Lipinski definition) is 0. The molecule has 0 spiro atoms.